The summed E-state index contributed by atoms with van der Waals surface area (Å²) in [5, 5.41) is 0. The molecule has 2 aromatic carbocycles. The minimum Gasteiger partial charge on any atom is -0.304 e. The van der Waals surface area contributed by atoms with Crippen LogP contribution in [0.5, 0.6) is 0 Å². The fourth-order valence-corrected chi connectivity index (χ4v) is 3.40. The van der Waals surface area contributed by atoms with Crippen molar-refractivity contribution in [2.24, 2.45) is 0 Å². The SMILES string of the molecule is C[C@H]1[C@H](N(C)C)CN1C(c1ccccc1)c1ccccc1. The number of likely N-dealkylation sites (N-methyl/N-ethyl adjacent to an activating group) is 1. The minimum absolute atomic E-state index is 0.360. The minimum atomic E-state index is 0.360. The average Bonchev–Trinajstić information content (AvgIpc) is 2.51. The number of benzene rings is 2. The van der Waals surface area contributed by atoms with Crippen molar-refractivity contribution in [3.05, 3.63) is 71.8 Å². The third-order valence-corrected chi connectivity index (χ3v) is 4.70. The van der Waals surface area contributed by atoms with Crippen molar-refractivity contribution in [3.63, 3.8) is 0 Å². The molecule has 0 unspecified atom stereocenters. The molecule has 0 aromatic heterocycles. The molecule has 0 amide bonds. The Kier molecular flexibility index (Phi) is 4.09. The van der Waals surface area contributed by atoms with Crippen LogP contribution < -0.4 is 0 Å². The molecule has 110 valence electrons. The van der Waals surface area contributed by atoms with E-state index in [1.54, 1.807) is 0 Å². The van der Waals surface area contributed by atoms with Gasteiger partial charge in [-0.3, -0.25) is 4.90 Å². The zero-order valence-corrected chi connectivity index (χ0v) is 13.1. The first kappa shape index (κ1) is 14.3. The Morgan fingerprint density at radius 2 is 1.38 bits per heavy atom. The van der Waals surface area contributed by atoms with Crippen LogP contribution in [0.25, 0.3) is 0 Å². The van der Waals surface area contributed by atoms with Crippen molar-refractivity contribution in [3.8, 4) is 0 Å². The Hall–Kier alpha value is -1.64. The van der Waals surface area contributed by atoms with Crippen LogP contribution in [0, 0.1) is 0 Å². The predicted molar refractivity (Wildman–Crippen MR) is 88.4 cm³/mol. The highest BCUT2D eigenvalue weighted by Crippen LogP contribution is 2.36. The Bertz CT molecular complexity index is 525. The standard InChI is InChI=1S/C19H24N2/c1-15-18(20(2)3)14-21(15)19(16-10-6-4-7-11-16)17-12-8-5-9-13-17/h4-13,15,18-19H,14H2,1-3H3/t15-,18+/m0/s1. The van der Waals surface area contributed by atoms with Crippen molar-refractivity contribution < 1.29 is 0 Å². The first-order valence-corrected chi connectivity index (χ1v) is 7.70. The Morgan fingerprint density at radius 1 is 0.905 bits per heavy atom. The molecule has 2 nitrogen and oxygen atoms in total. The molecule has 0 N–H and O–H groups in total. The van der Waals surface area contributed by atoms with E-state index in [2.05, 4.69) is 91.5 Å². The first-order chi connectivity index (χ1) is 10.2. The molecule has 2 heteroatoms. The molecule has 0 bridgehead atoms. The molecule has 1 saturated heterocycles. The van der Waals surface area contributed by atoms with Crippen molar-refractivity contribution in [2.45, 2.75) is 25.0 Å². The normalized spacial score (nSPS) is 22.5. The Morgan fingerprint density at radius 3 is 1.76 bits per heavy atom. The second kappa shape index (κ2) is 6.00. The number of hydrogen-bond acceptors (Lipinski definition) is 2. The maximum absolute atomic E-state index is 2.61. The molecule has 1 heterocycles. The number of rotatable bonds is 4. The lowest BCUT2D eigenvalue weighted by Crippen LogP contribution is -2.64. The van der Waals surface area contributed by atoms with Crippen LogP contribution in [-0.4, -0.2) is 42.5 Å². The highest BCUT2D eigenvalue weighted by atomic mass is 15.3. The monoisotopic (exact) mass is 280 g/mol. The van der Waals surface area contributed by atoms with Crippen molar-refractivity contribution in [1.82, 2.24) is 9.80 Å². The molecule has 0 saturated carbocycles. The van der Waals surface area contributed by atoms with E-state index in [0.717, 1.165) is 6.54 Å². The number of likely N-dealkylation sites (tertiary alicyclic amines) is 1. The molecule has 1 fully saturated rings. The van der Waals surface area contributed by atoms with Gasteiger partial charge in [-0.1, -0.05) is 60.7 Å². The summed E-state index contributed by atoms with van der Waals surface area (Å²) >= 11 is 0. The van der Waals surface area contributed by atoms with Crippen molar-refractivity contribution >= 4 is 0 Å². The molecular formula is C19H24N2. The molecule has 0 spiro atoms. The van der Waals surface area contributed by atoms with Crippen LogP contribution in [-0.2, 0) is 0 Å². The fourth-order valence-electron chi connectivity index (χ4n) is 3.40. The molecule has 2 atom stereocenters. The molecule has 2 aromatic rings. The van der Waals surface area contributed by atoms with E-state index in [0.29, 0.717) is 18.1 Å². The van der Waals surface area contributed by atoms with Crippen LogP contribution >= 0.6 is 0 Å². The van der Waals surface area contributed by atoms with Gasteiger partial charge in [-0.15, -0.1) is 0 Å². The van der Waals surface area contributed by atoms with Crippen LogP contribution in [0.1, 0.15) is 24.1 Å². The number of hydrogen-bond donors (Lipinski definition) is 0. The smallest absolute Gasteiger partial charge is 0.0605 e. The summed E-state index contributed by atoms with van der Waals surface area (Å²) in [5.74, 6) is 0. The Labute approximate surface area is 128 Å². The van der Waals surface area contributed by atoms with Gasteiger partial charge in [-0.2, -0.15) is 0 Å². The van der Waals surface area contributed by atoms with E-state index in [4.69, 9.17) is 0 Å². The third kappa shape index (κ3) is 2.74. The van der Waals surface area contributed by atoms with Gasteiger partial charge in [-0.25, -0.2) is 0 Å². The van der Waals surface area contributed by atoms with E-state index < -0.39 is 0 Å². The summed E-state index contributed by atoms with van der Waals surface area (Å²) in [7, 11) is 4.36. The first-order valence-electron chi connectivity index (χ1n) is 7.70. The highest BCUT2D eigenvalue weighted by molar-refractivity contribution is 5.33. The van der Waals surface area contributed by atoms with Gasteiger partial charge in [0.15, 0.2) is 0 Å². The van der Waals surface area contributed by atoms with Gasteiger partial charge in [0.05, 0.1) is 6.04 Å². The zero-order chi connectivity index (χ0) is 14.8. The molecule has 1 aliphatic heterocycles. The zero-order valence-electron chi connectivity index (χ0n) is 13.1. The van der Waals surface area contributed by atoms with Gasteiger partial charge in [0.25, 0.3) is 0 Å². The molecule has 0 radical (unpaired) electrons. The largest absolute Gasteiger partial charge is 0.304 e. The maximum atomic E-state index is 2.61. The second-order valence-corrected chi connectivity index (χ2v) is 6.19. The van der Waals surface area contributed by atoms with Crippen LogP contribution in [0.15, 0.2) is 60.7 Å². The number of nitrogens with zero attached hydrogens (tertiary/aromatic N) is 2. The summed E-state index contributed by atoms with van der Waals surface area (Å²) < 4.78 is 0. The van der Waals surface area contributed by atoms with E-state index >= 15 is 0 Å². The molecular weight excluding hydrogens is 256 g/mol. The van der Waals surface area contributed by atoms with Gasteiger partial charge in [0.1, 0.15) is 0 Å². The van der Waals surface area contributed by atoms with Gasteiger partial charge >= 0.3 is 0 Å². The summed E-state index contributed by atoms with van der Waals surface area (Å²) in [5.41, 5.74) is 2.76. The third-order valence-electron chi connectivity index (χ3n) is 4.70. The van der Waals surface area contributed by atoms with E-state index in [-0.39, 0.29) is 0 Å². The van der Waals surface area contributed by atoms with E-state index in [1.807, 2.05) is 0 Å². The molecule has 1 aliphatic rings. The summed E-state index contributed by atoms with van der Waals surface area (Å²) in [6.07, 6.45) is 0. The molecule has 3 rings (SSSR count). The summed E-state index contributed by atoms with van der Waals surface area (Å²) in [4.78, 5) is 4.95. The van der Waals surface area contributed by atoms with E-state index in [1.165, 1.54) is 11.1 Å². The van der Waals surface area contributed by atoms with Crippen LogP contribution in [0.4, 0.5) is 0 Å². The topological polar surface area (TPSA) is 6.48 Å². The lowest BCUT2D eigenvalue weighted by molar-refractivity contribution is -0.0200. The van der Waals surface area contributed by atoms with E-state index in [9.17, 15) is 0 Å². The van der Waals surface area contributed by atoms with Crippen LogP contribution in [0.3, 0.4) is 0 Å². The van der Waals surface area contributed by atoms with Gasteiger partial charge < -0.3 is 4.90 Å². The molecule has 0 aliphatic carbocycles. The quantitative estimate of drug-likeness (QED) is 0.847. The van der Waals surface area contributed by atoms with Crippen LogP contribution in [0.2, 0.25) is 0 Å². The van der Waals surface area contributed by atoms with Crippen molar-refractivity contribution in [1.29, 1.82) is 0 Å². The second-order valence-electron chi connectivity index (χ2n) is 6.19. The lowest BCUT2D eigenvalue weighted by atomic mass is 9.88. The molecule has 21 heavy (non-hydrogen) atoms. The highest BCUT2D eigenvalue weighted by Gasteiger charge is 2.41. The maximum Gasteiger partial charge on any atom is 0.0605 e. The lowest BCUT2D eigenvalue weighted by Gasteiger charge is -2.53. The summed E-state index contributed by atoms with van der Waals surface area (Å²) in [6, 6.07) is 23.3. The average molecular weight is 280 g/mol. The summed E-state index contributed by atoms with van der Waals surface area (Å²) in [6.45, 7) is 3.47. The van der Waals surface area contributed by atoms with Gasteiger partial charge in [0, 0.05) is 18.6 Å². The van der Waals surface area contributed by atoms with Gasteiger partial charge in [-0.05, 0) is 32.1 Å². The Balaban J connectivity index is 1.92. The predicted octanol–water partition coefficient (Wildman–Crippen LogP) is 3.41. The van der Waals surface area contributed by atoms with Crippen molar-refractivity contribution in [2.75, 3.05) is 20.6 Å². The fraction of sp³-hybridized carbons (Fsp3) is 0.368. The van der Waals surface area contributed by atoms with Gasteiger partial charge in [0.2, 0.25) is 0 Å².